The van der Waals surface area contributed by atoms with Gasteiger partial charge in [-0.05, 0) is 18.0 Å². The van der Waals surface area contributed by atoms with Gasteiger partial charge in [-0.15, -0.1) is 22.7 Å². The average Bonchev–Trinajstić information content (AvgIpc) is 2.89. The van der Waals surface area contributed by atoms with Crippen molar-refractivity contribution in [1.82, 2.24) is 9.88 Å². The van der Waals surface area contributed by atoms with Crippen LogP contribution in [0, 0.1) is 0 Å². The number of thiazole rings is 1. The summed E-state index contributed by atoms with van der Waals surface area (Å²) in [6.07, 6.45) is 0. The van der Waals surface area contributed by atoms with Crippen LogP contribution in [0.5, 0.6) is 0 Å². The molecule has 0 bridgehead atoms. The molecule has 2 nitrogen and oxygen atoms in total. The highest BCUT2D eigenvalue weighted by Crippen LogP contribution is 2.14. The van der Waals surface area contributed by atoms with Crippen molar-refractivity contribution in [3.63, 3.8) is 0 Å². The predicted octanol–water partition coefficient (Wildman–Crippen LogP) is 3.23. The van der Waals surface area contributed by atoms with Crippen LogP contribution < -0.4 is 0 Å². The molecule has 2 aromatic rings. The fourth-order valence-electron chi connectivity index (χ4n) is 1.45. The fourth-order valence-corrected chi connectivity index (χ4v) is 2.74. The zero-order valence-electron chi connectivity index (χ0n) is 8.72. The third-order valence-electron chi connectivity index (χ3n) is 2.28. The molecule has 0 amide bonds. The third kappa shape index (κ3) is 3.12. The molecule has 0 aliphatic rings. The Morgan fingerprint density at radius 1 is 1.40 bits per heavy atom. The zero-order chi connectivity index (χ0) is 10.5. The molecule has 15 heavy (non-hydrogen) atoms. The van der Waals surface area contributed by atoms with E-state index in [1.807, 2.05) is 16.8 Å². The molecule has 0 atom stereocenters. The van der Waals surface area contributed by atoms with E-state index in [4.69, 9.17) is 0 Å². The van der Waals surface area contributed by atoms with E-state index in [2.05, 4.69) is 39.7 Å². The molecular formula is C11H14N2S2. The van der Waals surface area contributed by atoms with E-state index in [0.717, 1.165) is 19.6 Å². The van der Waals surface area contributed by atoms with Gasteiger partial charge < -0.3 is 0 Å². The first kappa shape index (κ1) is 10.8. The van der Waals surface area contributed by atoms with Crippen LogP contribution in [0.25, 0.3) is 0 Å². The van der Waals surface area contributed by atoms with Crippen LogP contribution in [0.3, 0.4) is 0 Å². The average molecular weight is 238 g/mol. The van der Waals surface area contributed by atoms with Crippen LogP contribution in [-0.2, 0) is 13.1 Å². The number of aromatic nitrogens is 1. The van der Waals surface area contributed by atoms with Gasteiger partial charge in [0.1, 0.15) is 0 Å². The molecular weight excluding hydrogens is 224 g/mol. The Labute approximate surface area is 98.2 Å². The molecule has 0 spiro atoms. The summed E-state index contributed by atoms with van der Waals surface area (Å²) in [7, 11) is 0. The Morgan fingerprint density at radius 3 is 2.93 bits per heavy atom. The fraction of sp³-hybridized carbons (Fsp3) is 0.364. The van der Waals surface area contributed by atoms with Gasteiger partial charge in [-0.25, -0.2) is 4.98 Å². The Hall–Kier alpha value is -0.710. The molecule has 0 saturated carbocycles. The third-order valence-corrected chi connectivity index (χ3v) is 3.77. The van der Waals surface area contributed by atoms with Crippen LogP contribution in [0.15, 0.2) is 28.4 Å². The normalized spacial score (nSPS) is 11.1. The topological polar surface area (TPSA) is 16.1 Å². The van der Waals surface area contributed by atoms with Crippen molar-refractivity contribution in [3.05, 3.63) is 39.0 Å². The van der Waals surface area contributed by atoms with Gasteiger partial charge in [-0.3, -0.25) is 4.90 Å². The summed E-state index contributed by atoms with van der Waals surface area (Å²) in [6, 6.07) is 4.30. The molecule has 0 aliphatic carbocycles. The Morgan fingerprint density at radius 2 is 2.33 bits per heavy atom. The van der Waals surface area contributed by atoms with Gasteiger partial charge in [-0.2, -0.15) is 0 Å². The minimum Gasteiger partial charge on any atom is -0.293 e. The van der Waals surface area contributed by atoms with Gasteiger partial charge in [0, 0.05) is 23.3 Å². The number of hydrogen-bond acceptors (Lipinski definition) is 4. The molecule has 4 heteroatoms. The van der Waals surface area contributed by atoms with Crippen LogP contribution in [0.2, 0.25) is 0 Å². The molecule has 0 radical (unpaired) electrons. The van der Waals surface area contributed by atoms with E-state index in [1.165, 1.54) is 10.6 Å². The van der Waals surface area contributed by atoms with E-state index in [0.29, 0.717) is 0 Å². The van der Waals surface area contributed by atoms with Gasteiger partial charge in [0.2, 0.25) is 0 Å². The lowest BCUT2D eigenvalue weighted by molar-refractivity contribution is 0.271. The smallest absolute Gasteiger partial charge is 0.0795 e. The van der Waals surface area contributed by atoms with Crippen molar-refractivity contribution < 1.29 is 0 Å². The van der Waals surface area contributed by atoms with Gasteiger partial charge >= 0.3 is 0 Å². The molecule has 0 fully saturated rings. The second-order valence-corrected chi connectivity index (χ2v) is 5.11. The van der Waals surface area contributed by atoms with Crippen LogP contribution in [-0.4, -0.2) is 16.4 Å². The molecule has 2 aromatic heterocycles. The summed E-state index contributed by atoms with van der Waals surface area (Å²) in [6.45, 7) is 5.25. The van der Waals surface area contributed by atoms with Crippen molar-refractivity contribution >= 4 is 22.7 Å². The minimum absolute atomic E-state index is 0.956. The SMILES string of the molecule is CCN(Cc1cscn1)Cc1cccs1. The summed E-state index contributed by atoms with van der Waals surface area (Å²) >= 11 is 3.48. The van der Waals surface area contributed by atoms with Crippen molar-refractivity contribution in [2.24, 2.45) is 0 Å². The lowest BCUT2D eigenvalue weighted by Crippen LogP contribution is -2.21. The van der Waals surface area contributed by atoms with Crippen molar-refractivity contribution in [2.45, 2.75) is 20.0 Å². The van der Waals surface area contributed by atoms with Crippen LogP contribution >= 0.6 is 22.7 Å². The quantitative estimate of drug-likeness (QED) is 0.795. The number of nitrogens with zero attached hydrogens (tertiary/aromatic N) is 2. The molecule has 80 valence electrons. The molecule has 0 N–H and O–H groups in total. The van der Waals surface area contributed by atoms with Crippen molar-refractivity contribution in [2.75, 3.05) is 6.54 Å². The standard InChI is InChI=1S/C11H14N2S2/c1-2-13(6-10-8-14-9-12-10)7-11-4-3-5-15-11/h3-5,8-9H,2,6-7H2,1H3. The predicted molar refractivity (Wildman–Crippen MR) is 66.2 cm³/mol. The Bertz CT molecular complexity index is 331. The van der Waals surface area contributed by atoms with E-state index < -0.39 is 0 Å². The first-order valence-corrected chi connectivity index (χ1v) is 6.82. The first-order valence-electron chi connectivity index (χ1n) is 5.00. The second kappa shape index (κ2) is 5.39. The minimum atomic E-state index is 0.956. The van der Waals surface area contributed by atoms with E-state index >= 15 is 0 Å². The molecule has 0 saturated heterocycles. The van der Waals surface area contributed by atoms with Crippen molar-refractivity contribution in [1.29, 1.82) is 0 Å². The number of thiophene rings is 1. The van der Waals surface area contributed by atoms with Crippen molar-refractivity contribution in [3.8, 4) is 0 Å². The lowest BCUT2D eigenvalue weighted by Gasteiger charge is -2.17. The van der Waals surface area contributed by atoms with E-state index in [1.54, 1.807) is 11.3 Å². The number of rotatable bonds is 5. The summed E-state index contributed by atoms with van der Waals surface area (Å²) in [5.74, 6) is 0. The maximum Gasteiger partial charge on any atom is 0.0795 e. The monoisotopic (exact) mass is 238 g/mol. The van der Waals surface area contributed by atoms with Crippen LogP contribution in [0.4, 0.5) is 0 Å². The largest absolute Gasteiger partial charge is 0.293 e. The Balaban J connectivity index is 1.93. The highest BCUT2D eigenvalue weighted by molar-refractivity contribution is 7.09. The van der Waals surface area contributed by atoms with E-state index in [-0.39, 0.29) is 0 Å². The molecule has 0 unspecified atom stereocenters. The molecule has 2 heterocycles. The Kier molecular flexibility index (Phi) is 3.88. The summed E-state index contributed by atoms with van der Waals surface area (Å²) in [5.41, 5.74) is 3.08. The highest BCUT2D eigenvalue weighted by Gasteiger charge is 2.06. The summed E-state index contributed by atoms with van der Waals surface area (Å²) in [5, 5.41) is 4.25. The van der Waals surface area contributed by atoms with Gasteiger partial charge in [0.25, 0.3) is 0 Å². The van der Waals surface area contributed by atoms with Gasteiger partial charge in [-0.1, -0.05) is 13.0 Å². The summed E-state index contributed by atoms with van der Waals surface area (Å²) < 4.78 is 0. The summed E-state index contributed by atoms with van der Waals surface area (Å²) in [4.78, 5) is 8.14. The highest BCUT2D eigenvalue weighted by atomic mass is 32.1. The molecule has 0 aliphatic heterocycles. The molecule has 2 rings (SSSR count). The van der Waals surface area contributed by atoms with Gasteiger partial charge in [0.15, 0.2) is 0 Å². The van der Waals surface area contributed by atoms with Crippen LogP contribution in [0.1, 0.15) is 17.5 Å². The maximum absolute atomic E-state index is 4.31. The second-order valence-electron chi connectivity index (χ2n) is 3.36. The first-order chi connectivity index (χ1) is 7.38. The molecule has 0 aromatic carbocycles. The van der Waals surface area contributed by atoms with Gasteiger partial charge in [0.05, 0.1) is 11.2 Å². The van der Waals surface area contributed by atoms with E-state index in [9.17, 15) is 0 Å². The maximum atomic E-state index is 4.31. The number of hydrogen-bond donors (Lipinski definition) is 0. The lowest BCUT2D eigenvalue weighted by atomic mass is 10.3. The zero-order valence-corrected chi connectivity index (χ0v) is 10.4.